The van der Waals surface area contributed by atoms with Crippen LogP contribution in [-0.2, 0) is 10.0 Å². The van der Waals surface area contributed by atoms with Crippen molar-refractivity contribution in [1.82, 2.24) is 19.5 Å². The molecule has 5 aromatic rings. The van der Waals surface area contributed by atoms with E-state index in [-0.39, 0.29) is 4.90 Å². The summed E-state index contributed by atoms with van der Waals surface area (Å²) in [5.41, 5.74) is 5.64. The van der Waals surface area contributed by atoms with Crippen molar-refractivity contribution in [2.75, 3.05) is 38.1 Å². The second-order valence-electron chi connectivity index (χ2n) is 9.21. The summed E-state index contributed by atoms with van der Waals surface area (Å²) < 4.78 is 26.0. The second-order valence-corrected chi connectivity index (χ2v) is 10.7. The Morgan fingerprint density at radius 2 is 1.53 bits per heavy atom. The van der Waals surface area contributed by atoms with E-state index < -0.39 is 10.0 Å². The molecule has 0 aliphatic carbocycles. The van der Waals surface area contributed by atoms with E-state index in [1.54, 1.807) is 35.0 Å². The maximum atomic E-state index is 12.1. The maximum absolute atomic E-state index is 12.1. The lowest BCUT2D eigenvalue weighted by Crippen LogP contribution is -2.44. The number of benzene rings is 3. The highest BCUT2D eigenvalue weighted by molar-refractivity contribution is 7.89. The smallest absolute Gasteiger partial charge is 0.238 e. The molecule has 0 amide bonds. The Labute approximate surface area is 209 Å². The average molecular weight is 499 g/mol. The van der Waals surface area contributed by atoms with Crippen LogP contribution in [0, 0.1) is 0 Å². The van der Waals surface area contributed by atoms with Gasteiger partial charge in [-0.1, -0.05) is 42.5 Å². The van der Waals surface area contributed by atoms with Crippen LogP contribution in [0.15, 0.2) is 84.1 Å². The Morgan fingerprint density at radius 3 is 2.25 bits per heavy atom. The molecule has 0 radical (unpaired) electrons. The summed E-state index contributed by atoms with van der Waals surface area (Å²) in [5.74, 6) is 0. The van der Waals surface area contributed by atoms with Crippen molar-refractivity contribution in [3.63, 3.8) is 0 Å². The lowest BCUT2D eigenvalue weighted by atomic mass is 10.00. The molecule has 0 unspecified atom stereocenters. The first-order valence-corrected chi connectivity index (χ1v) is 13.4. The number of nitrogens with two attached hydrogens (primary N) is 1. The van der Waals surface area contributed by atoms with Crippen LogP contribution in [0.3, 0.4) is 0 Å². The molecule has 36 heavy (non-hydrogen) atoms. The van der Waals surface area contributed by atoms with Gasteiger partial charge in [0.2, 0.25) is 10.0 Å². The zero-order valence-electron chi connectivity index (χ0n) is 19.9. The molecule has 8 nitrogen and oxygen atoms in total. The van der Waals surface area contributed by atoms with Gasteiger partial charge in [0, 0.05) is 60.8 Å². The fourth-order valence-electron chi connectivity index (χ4n) is 4.90. The molecule has 182 valence electrons. The molecular weight excluding hydrogens is 472 g/mol. The number of sulfonamides is 1. The van der Waals surface area contributed by atoms with Crippen LogP contribution in [0.4, 0.5) is 5.69 Å². The summed E-state index contributed by atoms with van der Waals surface area (Å²) in [7, 11) is -1.69. The lowest BCUT2D eigenvalue weighted by Gasteiger charge is -2.34. The molecule has 3 heterocycles. The predicted molar refractivity (Wildman–Crippen MR) is 142 cm³/mol. The third-order valence-corrected chi connectivity index (χ3v) is 7.88. The number of hydrogen-bond donors (Lipinski definition) is 1. The lowest BCUT2D eigenvalue weighted by molar-refractivity contribution is 0.313. The molecule has 6 rings (SSSR count). The number of hydrogen-bond acceptors (Lipinski definition) is 6. The van der Waals surface area contributed by atoms with E-state index in [0.29, 0.717) is 11.0 Å². The van der Waals surface area contributed by atoms with E-state index in [1.165, 1.54) is 5.69 Å². The van der Waals surface area contributed by atoms with E-state index in [1.807, 2.05) is 24.5 Å². The zero-order valence-corrected chi connectivity index (χ0v) is 20.7. The highest BCUT2D eigenvalue weighted by atomic mass is 32.2. The number of fused-ring (bicyclic) bond motifs is 2. The molecule has 1 aliphatic rings. The molecule has 1 saturated heterocycles. The van der Waals surface area contributed by atoms with Gasteiger partial charge < -0.3 is 9.80 Å². The third-order valence-electron chi connectivity index (χ3n) is 6.91. The molecule has 9 heteroatoms. The van der Waals surface area contributed by atoms with Gasteiger partial charge in [-0.2, -0.15) is 5.10 Å². The molecule has 1 aliphatic heterocycles. The Balaban J connectivity index is 1.35. The van der Waals surface area contributed by atoms with E-state index in [0.717, 1.165) is 53.8 Å². The van der Waals surface area contributed by atoms with Crippen LogP contribution in [0.2, 0.25) is 0 Å². The van der Waals surface area contributed by atoms with Crippen molar-refractivity contribution < 1.29 is 8.42 Å². The highest BCUT2D eigenvalue weighted by Gasteiger charge is 2.18. The van der Waals surface area contributed by atoms with Crippen LogP contribution in [0.5, 0.6) is 0 Å². The van der Waals surface area contributed by atoms with Crippen molar-refractivity contribution in [3.8, 4) is 22.3 Å². The standard InChI is InChI=1S/C27H26N6O2S/c1-31-12-14-32(15-13-31)21-8-6-19(7-9-21)20-16-29-27-25(17-30-33(27)18-20)23-10-11-26(36(28,34)35)24-5-3-2-4-22(23)24/h2-11,16-18H,12-15H2,1H3,(H2,28,34,35). The first-order valence-electron chi connectivity index (χ1n) is 11.8. The van der Waals surface area contributed by atoms with Gasteiger partial charge in [0.25, 0.3) is 0 Å². The molecule has 2 aromatic heterocycles. The van der Waals surface area contributed by atoms with Crippen LogP contribution in [0.1, 0.15) is 0 Å². The van der Waals surface area contributed by atoms with Crippen LogP contribution < -0.4 is 10.0 Å². The van der Waals surface area contributed by atoms with Crippen molar-refractivity contribution >= 4 is 32.1 Å². The maximum Gasteiger partial charge on any atom is 0.238 e. The molecule has 3 aromatic carbocycles. The number of primary sulfonamides is 1. The second kappa shape index (κ2) is 8.70. The minimum Gasteiger partial charge on any atom is -0.369 e. The fraction of sp³-hybridized carbons (Fsp3) is 0.185. The Kier molecular flexibility index (Phi) is 5.48. The normalized spacial score (nSPS) is 15.1. The van der Waals surface area contributed by atoms with E-state index in [9.17, 15) is 8.42 Å². The number of anilines is 1. The van der Waals surface area contributed by atoms with Crippen molar-refractivity contribution in [3.05, 3.63) is 79.3 Å². The topological polar surface area (TPSA) is 96.8 Å². The van der Waals surface area contributed by atoms with Crippen molar-refractivity contribution in [2.45, 2.75) is 4.90 Å². The number of nitrogens with zero attached hydrogens (tertiary/aromatic N) is 5. The van der Waals surface area contributed by atoms with Crippen molar-refractivity contribution in [1.29, 1.82) is 0 Å². The Hall–Kier alpha value is -3.79. The SMILES string of the molecule is CN1CCN(c2ccc(-c3cnc4c(-c5ccc(S(N)(=O)=O)c6ccccc56)cnn4c3)cc2)CC1. The Bertz CT molecular complexity index is 1690. The largest absolute Gasteiger partial charge is 0.369 e. The van der Waals surface area contributed by atoms with Crippen LogP contribution >= 0.6 is 0 Å². The molecule has 0 bridgehead atoms. The van der Waals surface area contributed by atoms with Gasteiger partial charge in [-0.05, 0) is 41.8 Å². The predicted octanol–water partition coefficient (Wildman–Crippen LogP) is 3.62. The summed E-state index contributed by atoms with van der Waals surface area (Å²) in [6, 6.07) is 19.2. The van der Waals surface area contributed by atoms with Gasteiger partial charge >= 0.3 is 0 Å². The first kappa shape index (κ1) is 22.7. The van der Waals surface area contributed by atoms with Crippen molar-refractivity contribution in [2.24, 2.45) is 5.14 Å². The minimum atomic E-state index is -3.85. The van der Waals surface area contributed by atoms with Crippen LogP contribution in [0.25, 0.3) is 38.7 Å². The zero-order chi connectivity index (χ0) is 24.9. The molecule has 1 fully saturated rings. The third kappa shape index (κ3) is 4.01. The summed E-state index contributed by atoms with van der Waals surface area (Å²) in [6.45, 7) is 4.21. The number of rotatable bonds is 4. The number of aromatic nitrogens is 3. The molecule has 2 N–H and O–H groups in total. The Morgan fingerprint density at radius 1 is 0.806 bits per heavy atom. The highest BCUT2D eigenvalue weighted by Crippen LogP contribution is 2.34. The summed E-state index contributed by atoms with van der Waals surface area (Å²) in [5, 5.41) is 11.4. The monoisotopic (exact) mass is 498 g/mol. The molecule has 0 atom stereocenters. The van der Waals surface area contributed by atoms with Gasteiger partial charge in [-0.25, -0.2) is 23.1 Å². The van der Waals surface area contributed by atoms with Gasteiger partial charge in [0.15, 0.2) is 5.65 Å². The van der Waals surface area contributed by atoms with E-state index in [4.69, 9.17) is 10.1 Å². The summed E-state index contributed by atoms with van der Waals surface area (Å²) >= 11 is 0. The average Bonchev–Trinajstić information content (AvgIpc) is 3.31. The fourth-order valence-corrected chi connectivity index (χ4v) is 5.64. The van der Waals surface area contributed by atoms with E-state index >= 15 is 0 Å². The first-order chi connectivity index (χ1) is 17.4. The van der Waals surface area contributed by atoms with Gasteiger partial charge in [-0.15, -0.1) is 0 Å². The molecular formula is C27H26N6O2S. The quantitative estimate of drug-likeness (QED) is 0.407. The minimum absolute atomic E-state index is 0.105. The van der Waals surface area contributed by atoms with Gasteiger partial charge in [-0.3, -0.25) is 0 Å². The van der Waals surface area contributed by atoms with E-state index in [2.05, 4.69) is 46.2 Å². The van der Waals surface area contributed by atoms with Crippen LogP contribution in [-0.4, -0.2) is 61.1 Å². The van der Waals surface area contributed by atoms with Gasteiger partial charge in [0.05, 0.1) is 11.1 Å². The molecule has 0 spiro atoms. The molecule has 0 saturated carbocycles. The summed E-state index contributed by atoms with van der Waals surface area (Å²) in [6.07, 6.45) is 5.59. The van der Waals surface area contributed by atoms with Gasteiger partial charge in [0.1, 0.15) is 0 Å². The number of likely N-dealkylation sites (N-methyl/N-ethyl adjacent to an activating group) is 1. The number of piperazine rings is 1. The summed E-state index contributed by atoms with van der Waals surface area (Å²) in [4.78, 5) is 9.60.